The molecule has 0 amide bonds. The van der Waals surface area contributed by atoms with Crippen molar-refractivity contribution in [1.82, 2.24) is 0 Å². The monoisotopic (exact) mass is 201 g/mol. The fourth-order valence-electron chi connectivity index (χ4n) is 2.68. The quantitative estimate of drug-likeness (QED) is 0.619. The molecular weight excluding hydrogens is 182 g/mol. The molecule has 0 saturated carbocycles. The number of benzene rings is 1. The summed E-state index contributed by atoms with van der Waals surface area (Å²) in [7, 11) is 2.15. The number of aryl methyl sites for hydroxylation is 1. The number of likely N-dealkylation sites (N-methyl/N-ethyl adjacent to an activating group) is 1. The van der Waals surface area contributed by atoms with Crippen molar-refractivity contribution >= 4 is 5.69 Å². The fourth-order valence-corrected chi connectivity index (χ4v) is 2.68. The Kier molecular flexibility index (Phi) is 2.14. The minimum absolute atomic E-state index is 0.144. The first kappa shape index (κ1) is 10.3. The van der Waals surface area contributed by atoms with E-state index in [4.69, 9.17) is 0 Å². The maximum Gasteiger partial charge on any atom is 0.0448 e. The third-order valence-corrected chi connectivity index (χ3v) is 3.46. The van der Waals surface area contributed by atoms with Crippen molar-refractivity contribution in [2.45, 2.75) is 33.1 Å². The minimum atomic E-state index is 0.144. The minimum Gasteiger partial charge on any atom is -0.347 e. The zero-order valence-electron chi connectivity index (χ0n) is 10.3. The molecule has 80 valence electrons. The van der Waals surface area contributed by atoms with Crippen molar-refractivity contribution in [3.05, 3.63) is 41.1 Å². The Labute approximate surface area is 92.4 Å². The Morgan fingerprint density at radius 1 is 1.27 bits per heavy atom. The summed E-state index contributed by atoms with van der Waals surface area (Å²) in [5, 5.41) is 0. The van der Waals surface area contributed by atoms with Crippen LogP contribution < -0.4 is 4.90 Å². The largest absolute Gasteiger partial charge is 0.347 e. The van der Waals surface area contributed by atoms with Crippen LogP contribution in [0, 0.1) is 6.92 Å². The summed E-state index contributed by atoms with van der Waals surface area (Å²) in [5.74, 6) is 0. The molecule has 0 atom stereocenters. The van der Waals surface area contributed by atoms with Crippen LogP contribution in [0.5, 0.6) is 0 Å². The number of hydrogen-bond donors (Lipinski definition) is 0. The number of allylic oxidation sites excluding steroid dienone is 2. The van der Waals surface area contributed by atoms with Crippen LogP contribution in [0.3, 0.4) is 0 Å². The first-order valence-electron chi connectivity index (χ1n) is 5.50. The van der Waals surface area contributed by atoms with Gasteiger partial charge in [-0.3, -0.25) is 0 Å². The molecule has 0 aromatic heterocycles. The van der Waals surface area contributed by atoms with Gasteiger partial charge in [0.25, 0.3) is 0 Å². The van der Waals surface area contributed by atoms with Gasteiger partial charge in [-0.2, -0.15) is 0 Å². The third-order valence-electron chi connectivity index (χ3n) is 3.46. The van der Waals surface area contributed by atoms with Gasteiger partial charge in [0, 0.05) is 23.8 Å². The molecule has 0 spiro atoms. The van der Waals surface area contributed by atoms with Gasteiger partial charge in [-0.25, -0.2) is 0 Å². The number of fused-ring (bicyclic) bond motifs is 1. The van der Waals surface area contributed by atoms with Gasteiger partial charge in [-0.1, -0.05) is 37.6 Å². The highest BCUT2D eigenvalue weighted by Gasteiger charge is 2.37. The lowest BCUT2D eigenvalue weighted by Crippen LogP contribution is -2.22. The molecule has 1 aromatic rings. The van der Waals surface area contributed by atoms with E-state index in [1.165, 1.54) is 22.5 Å². The average molecular weight is 201 g/mol. The predicted octanol–water partition coefficient (Wildman–Crippen LogP) is 3.63. The van der Waals surface area contributed by atoms with Crippen LogP contribution in [0.2, 0.25) is 0 Å². The molecule has 1 heteroatoms. The molecule has 2 rings (SSSR count). The maximum atomic E-state index is 2.31. The van der Waals surface area contributed by atoms with E-state index in [0.717, 1.165) is 0 Å². The molecule has 1 aliphatic rings. The summed E-state index contributed by atoms with van der Waals surface area (Å²) in [6, 6.07) is 6.72. The highest BCUT2D eigenvalue weighted by Crippen LogP contribution is 2.46. The van der Waals surface area contributed by atoms with Crippen LogP contribution in [-0.2, 0) is 5.41 Å². The Hall–Kier alpha value is -1.24. The van der Waals surface area contributed by atoms with E-state index in [2.05, 4.69) is 63.9 Å². The number of hydrogen-bond acceptors (Lipinski definition) is 1. The zero-order chi connectivity index (χ0) is 11.2. The van der Waals surface area contributed by atoms with Crippen molar-refractivity contribution in [3.8, 4) is 0 Å². The Balaban J connectivity index is 2.69. The van der Waals surface area contributed by atoms with Crippen molar-refractivity contribution in [2.24, 2.45) is 0 Å². The van der Waals surface area contributed by atoms with Crippen molar-refractivity contribution in [3.63, 3.8) is 0 Å². The van der Waals surface area contributed by atoms with Gasteiger partial charge >= 0.3 is 0 Å². The van der Waals surface area contributed by atoms with Gasteiger partial charge in [-0.05, 0) is 25.5 Å². The molecule has 1 aromatic carbocycles. The molecule has 0 N–H and O–H groups in total. The van der Waals surface area contributed by atoms with E-state index in [-0.39, 0.29) is 5.41 Å². The third kappa shape index (κ3) is 1.30. The van der Waals surface area contributed by atoms with Gasteiger partial charge < -0.3 is 4.90 Å². The average Bonchev–Trinajstić information content (AvgIpc) is 2.35. The Bertz CT molecular complexity index is 427. The molecule has 15 heavy (non-hydrogen) atoms. The molecule has 0 bridgehead atoms. The lowest BCUT2D eigenvalue weighted by Gasteiger charge is -2.23. The van der Waals surface area contributed by atoms with Gasteiger partial charge in [0.1, 0.15) is 0 Å². The van der Waals surface area contributed by atoms with Gasteiger partial charge in [0.15, 0.2) is 0 Å². The topological polar surface area (TPSA) is 3.24 Å². The second kappa shape index (κ2) is 3.13. The zero-order valence-corrected chi connectivity index (χ0v) is 10.3. The van der Waals surface area contributed by atoms with Crippen LogP contribution in [0.1, 0.15) is 31.9 Å². The highest BCUT2D eigenvalue weighted by atomic mass is 15.2. The second-order valence-corrected chi connectivity index (χ2v) is 4.88. The van der Waals surface area contributed by atoms with Crippen LogP contribution in [0.25, 0.3) is 0 Å². The van der Waals surface area contributed by atoms with E-state index in [0.29, 0.717) is 0 Å². The first-order valence-corrected chi connectivity index (χ1v) is 5.50. The SMILES string of the molecule is CC=C1N(C)c2ccc(C)cc2C1(C)C. The van der Waals surface area contributed by atoms with Gasteiger partial charge in [-0.15, -0.1) is 0 Å². The van der Waals surface area contributed by atoms with Gasteiger partial charge in [0.2, 0.25) is 0 Å². The lowest BCUT2D eigenvalue weighted by molar-refractivity contribution is 0.638. The van der Waals surface area contributed by atoms with E-state index in [1.807, 2.05) is 0 Å². The summed E-state index contributed by atoms with van der Waals surface area (Å²) in [6.45, 7) is 8.87. The lowest BCUT2D eigenvalue weighted by atomic mass is 9.83. The first-order chi connectivity index (χ1) is 6.98. The molecule has 0 fully saturated rings. The number of rotatable bonds is 0. The van der Waals surface area contributed by atoms with Crippen LogP contribution in [-0.4, -0.2) is 7.05 Å². The van der Waals surface area contributed by atoms with E-state index in [1.54, 1.807) is 0 Å². The molecule has 1 nitrogen and oxygen atoms in total. The normalized spacial score (nSPS) is 20.9. The fraction of sp³-hybridized carbons (Fsp3) is 0.429. The van der Waals surface area contributed by atoms with Crippen LogP contribution >= 0.6 is 0 Å². The van der Waals surface area contributed by atoms with Crippen LogP contribution in [0.4, 0.5) is 5.69 Å². The van der Waals surface area contributed by atoms with Crippen molar-refractivity contribution in [1.29, 1.82) is 0 Å². The summed E-state index contributed by atoms with van der Waals surface area (Å²) < 4.78 is 0. The standard InChI is InChI=1S/C14H19N/c1-6-13-14(3,4)11-9-10(2)7-8-12(11)15(13)5/h6-9H,1-5H3. The van der Waals surface area contributed by atoms with E-state index >= 15 is 0 Å². The van der Waals surface area contributed by atoms with Crippen molar-refractivity contribution in [2.75, 3.05) is 11.9 Å². The summed E-state index contributed by atoms with van der Waals surface area (Å²) in [6.07, 6.45) is 2.22. The predicted molar refractivity (Wildman–Crippen MR) is 66.4 cm³/mol. The molecule has 0 radical (unpaired) electrons. The molecule has 0 unspecified atom stereocenters. The Morgan fingerprint density at radius 3 is 2.53 bits per heavy atom. The molecule has 0 aliphatic carbocycles. The van der Waals surface area contributed by atoms with Gasteiger partial charge in [0.05, 0.1) is 0 Å². The smallest absolute Gasteiger partial charge is 0.0448 e. The second-order valence-electron chi connectivity index (χ2n) is 4.88. The van der Waals surface area contributed by atoms with Crippen molar-refractivity contribution < 1.29 is 0 Å². The Morgan fingerprint density at radius 2 is 1.93 bits per heavy atom. The molecule has 1 aliphatic heterocycles. The van der Waals surface area contributed by atoms with E-state index < -0.39 is 0 Å². The highest BCUT2D eigenvalue weighted by molar-refractivity contribution is 5.70. The number of nitrogens with zero attached hydrogens (tertiary/aromatic N) is 1. The summed E-state index contributed by atoms with van der Waals surface area (Å²) >= 11 is 0. The molecule has 1 heterocycles. The number of anilines is 1. The molecule has 0 saturated heterocycles. The van der Waals surface area contributed by atoms with E-state index in [9.17, 15) is 0 Å². The molecular formula is C14H19N. The maximum absolute atomic E-state index is 2.31. The van der Waals surface area contributed by atoms with Crippen LogP contribution in [0.15, 0.2) is 30.0 Å². The summed E-state index contributed by atoms with van der Waals surface area (Å²) in [5.41, 5.74) is 5.66. The summed E-state index contributed by atoms with van der Waals surface area (Å²) in [4.78, 5) is 2.30.